The quantitative estimate of drug-likeness (QED) is 0.643. The van der Waals surface area contributed by atoms with Gasteiger partial charge < -0.3 is 16.0 Å². The first kappa shape index (κ1) is 19.1. The van der Waals surface area contributed by atoms with Crippen molar-refractivity contribution < 1.29 is 4.79 Å². The highest BCUT2D eigenvalue weighted by molar-refractivity contribution is 6.13. The molecule has 0 saturated carbocycles. The zero-order valence-electron chi connectivity index (χ0n) is 14.8. The summed E-state index contributed by atoms with van der Waals surface area (Å²) in [6.07, 6.45) is 7.20. The van der Waals surface area contributed by atoms with E-state index in [1.54, 1.807) is 24.7 Å². The van der Waals surface area contributed by atoms with Gasteiger partial charge in [0.2, 0.25) is 0 Å². The molecule has 1 aromatic carbocycles. The number of fused-ring (bicyclic) bond motifs is 1. The fraction of sp³-hybridized carbons (Fsp3) is 0.250. The number of piperidine rings is 1. The Morgan fingerprint density at radius 3 is 2.67 bits per heavy atom. The molecule has 0 spiro atoms. The average molecular weight is 384 g/mol. The molecule has 3 aromatic rings. The van der Waals surface area contributed by atoms with E-state index >= 15 is 0 Å². The summed E-state index contributed by atoms with van der Waals surface area (Å²) in [4.78, 5) is 21.2. The number of halogens is 1. The summed E-state index contributed by atoms with van der Waals surface area (Å²) in [7, 11) is 0. The van der Waals surface area contributed by atoms with E-state index in [0.717, 1.165) is 37.0 Å². The van der Waals surface area contributed by atoms with E-state index in [1.807, 2.05) is 30.3 Å². The molecule has 3 heterocycles. The lowest BCUT2D eigenvalue weighted by Crippen LogP contribution is -2.35. The number of hydrogen-bond donors (Lipinski definition) is 3. The van der Waals surface area contributed by atoms with Crippen LogP contribution >= 0.6 is 12.4 Å². The number of rotatable bonds is 4. The van der Waals surface area contributed by atoms with E-state index in [-0.39, 0.29) is 18.3 Å². The molecule has 2 aromatic heterocycles. The van der Waals surface area contributed by atoms with Crippen LogP contribution in [0.15, 0.2) is 55.0 Å². The van der Waals surface area contributed by atoms with Crippen molar-refractivity contribution >= 4 is 40.6 Å². The highest BCUT2D eigenvalue weighted by Crippen LogP contribution is 2.27. The van der Waals surface area contributed by atoms with Gasteiger partial charge in [0.15, 0.2) is 0 Å². The van der Waals surface area contributed by atoms with Crippen LogP contribution in [0, 0.1) is 0 Å². The number of carbonyl (C=O) groups is 1. The monoisotopic (exact) mass is 383 g/mol. The Labute approximate surface area is 164 Å². The number of anilines is 2. The Bertz CT molecular complexity index is 913. The van der Waals surface area contributed by atoms with Gasteiger partial charge in [0.05, 0.1) is 23.0 Å². The van der Waals surface area contributed by atoms with Gasteiger partial charge in [0.25, 0.3) is 5.91 Å². The van der Waals surface area contributed by atoms with Gasteiger partial charge in [0, 0.05) is 29.5 Å². The second-order valence-corrected chi connectivity index (χ2v) is 6.42. The number of carbonyl (C=O) groups excluding carboxylic acids is 1. The summed E-state index contributed by atoms with van der Waals surface area (Å²) in [5.41, 5.74) is 2.95. The van der Waals surface area contributed by atoms with Crippen LogP contribution < -0.4 is 16.0 Å². The molecule has 1 fully saturated rings. The Morgan fingerprint density at radius 2 is 1.89 bits per heavy atom. The first-order valence-corrected chi connectivity index (χ1v) is 8.87. The van der Waals surface area contributed by atoms with Gasteiger partial charge in [-0.25, -0.2) is 0 Å². The summed E-state index contributed by atoms with van der Waals surface area (Å²) in [6.45, 7) is 2.05. The lowest BCUT2D eigenvalue weighted by Gasteiger charge is -2.25. The summed E-state index contributed by atoms with van der Waals surface area (Å²) in [6, 6.07) is 11.8. The molecule has 6 nitrogen and oxygen atoms in total. The molecule has 0 radical (unpaired) electrons. The molecule has 1 aliphatic rings. The van der Waals surface area contributed by atoms with Crippen LogP contribution in [0.4, 0.5) is 11.4 Å². The minimum atomic E-state index is -0.185. The van der Waals surface area contributed by atoms with Crippen molar-refractivity contribution in [3.8, 4) is 0 Å². The van der Waals surface area contributed by atoms with Crippen molar-refractivity contribution in [3.63, 3.8) is 0 Å². The molecule has 1 aliphatic heterocycles. The summed E-state index contributed by atoms with van der Waals surface area (Å²) >= 11 is 0. The molecule has 27 heavy (non-hydrogen) atoms. The standard InChI is InChI=1S/C20H21N5O.ClH/c26-20(25-15-3-1-9-22-13-15)17-5-6-18(16-4-2-10-23-19(16)17)24-14-7-11-21-12-8-14;/h1-6,9-10,13-14,21,24H,7-8,11-12H2,(H,25,26);1H. The van der Waals surface area contributed by atoms with Crippen LogP contribution in [0.2, 0.25) is 0 Å². The van der Waals surface area contributed by atoms with Gasteiger partial charge in [-0.05, 0) is 62.3 Å². The van der Waals surface area contributed by atoms with Crippen molar-refractivity contribution in [2.24, 2.45) is 0 Å². The third-order valence-electron chi connectivity index (χ3n) is 4.63. The predicted octanol–water partition coefficient (Wildman–Crippen LogP) is 3.47. The van der Waals surface area contributed by atoms with E-state index in [1.165, 1.54) is 0 Å². The lowest BCUT2D eigenvalue weighted by atomic mass is 10.0. The second kappa shape index (κ2) is 8.79. The van der Waals surface area contributed by atoms with Crippen molar-refractivity contribution in [2.75, 3.05) is 23.7 Å². The fourth-order valence-electron chi connectivity index (χ4n) is 3.30. The van der Waals surface area contributed by atoms with Gasteiger partial charge in [-0.3, -0.25) is 14.8 Å². The van der Waals surface area contributed by atoms with E-state index in [4.69, 9.17) is 0 Å². The van der Waals surface area contributed by atoms with Gasteiger partial charge >= 0.3 is 0 Å². The summed E-state index contributed by atoms with van der Waals surface area (Å²) in [5, 5.41) is 10.8. The predicted molar refractivity (Wildman–Crippen MR) is 111 cm³/mol. The first-order valence-electron chi connectivity index (χ1n) is 8.87. The zero-order valence-corrected chi connectivity index (χ0v) is 15.6. The number of aromatic nitrogens is 2. The largest absolute Gasteiger partial charge is 0.382 e. The van der Waals surface area contributed by atoms with E-state index < -0.39 is 0 Å². The van der Waals surface area contributed by atoms with Crippen molar-refractivity contribution in [2.45, 2.75) is 18.9 Å². The minimum Gasteiger partial charge on any atom is -0.382 e. The minimum absolute atomic E-state index is 0. The Balaban J connectivity index is 0.00000210. The number of amides is 1. The van der Waals surface area contributed by atoms with Gasteiger partial charge in [-0.2, -0.15) is 0 Å². The molecule has 7 heteroatoms. The third-order valence-corrected chi connectivity index (χ3v) is 4.63. The molecule has 0 aliphatic carbocycles. The number of hydrogen-bond acceptors (Lipinski definition) is 5. The third kappa shape index (κ3) is 4.35. The number of benzene rings is 1. The molecule has 3 N–H and O–H groups in total. The highest BCUT2D eigenvalue weighted by atomic mass is 35.5. The van der Waals surface area contributed by atoms with Crippen LogP contribution in [-0.4, -0.2) is 35.0 Å². The van der Waals surface area contributed by atoms with Crippen LogP contribution in [0.25, 0.3) is 10.9 Å². The Hall–Kier alpha value is -2.70. The number of nitrogens with zero attached hydrogens (tertiary/aromatic N) is 2. The van der Waals surface area contributed by atoms with Gasteiger partial charge in [-0.1, -0.05) is 0 Å². The maximum atomic E-state index is 12.7. The molecule has 4 rings (SSSR count). The van der Waals surface area contributed by atoms with Gasteiger partial charge in [0.1, 0.15) is 0 Å². The maximum absolute atomic E-state index is 12.7. The topological polar surface area (TPSA) is 78.9 Å². The van der Waals surface area contributed by atoms with E-state index in [0.29, 0.717) is 22.8 Å². The zero-order chi connectivity index (χ0) is 17.8. The number of nitrogens with one attached hydrogen (secondary N) is 3. The van der Waals surface area contributed by atoms with Crippen LogP contribution in [0.5, 0.6) is 0 Å². The van der Waals surface area contributed by atoms with Crippen molar-refractivity contribution in [3.05, 3.63) is 60.6 Å². The highest BCUT2D eigenvalue weighted by Gasteiger charge is 2.17. The molecule has 140 valence electrons. The maximum Gasteiger partial charge on any atom is 0.257 e. The molecule has 1 saturated heterocycles. The summed E-state index contributed by atoms with van der Waals surface area (Å²) in [5.74, 6) is -0.185. The van der Waals surface area contributed by atoms with Crippen molar-refractivity contribution in [1.29, 1.82) is 0 Å². The van der Waals surface area contributed by atoms with Gasteiger partial charge in [-0.15, -0.1) is 12.4 Å². The average Bonchev–Trinajstić information content (AvgIpc) is 2.70. The SMILES string of the molecule is Cl.O=C(Nc1cccnc1)c1ccc(NC2CCNCC2)c2cccnc12. The normalized spacial score (nSPS) is 14.4. The summed E-state index contributed by atoms with van der Waals surface area (Å²) < 4.78 is 0. The Kier molecular flexibility index (Phi) is 6.21. The van der Waals surface area contributed by atoms with Crippen LogP contribution in [0.1, 0.15) is 23.2 Å². The number of pyridine rings is 2. The lowest BCUT2D eigenvalue weighted by molar-refractivity contribution is 0.102. The molecular weight excluding hydrogens is 362 g/mol. The van der Waals surface area contributed by atoms with E-state index in [9.17, 15) is 4.79 Å². The first-order chi connectivity index (χ1) is 12.8. The molecule has 1 amide bonds. The fourth-order valence-corrected chi connectivity index (χ4v) is 3.30. The molecule has 0 atom stereocenters. The smallest absolute Gasteiger partial charge is 0.257 e. The molecule has 0 unspecified atom stereocenters. The van der Waals surface area contributed by atoms with Crippen LogP contribution in [-0.2, 0) is 0 Å². The van der Waals surface area contributed by atoms with Crippen LogP contribution in [0.3, 0.4) is 0 Å². The van der Waals surface area contributed by atoms with E-state index in [2.05, 4.69) is 25.9 Å². The Morgan fingerprint density at radius 1 is 1.07 bits per heavy atom. The second-order valence-electron chi connectivity index (χ2n) is 6.42. The van der Waals surface area contributed by atoms with Crippen molar-refractivity contribution in [1.82, 2.24) is 15.3 Å². The molecule has 0 bridgehead atoms. The molecular formula is C20H22ClN5O.